The first kappa shape index (κ1) is 40.8. The number of hydrogen-bond acceptors (Lipinski definition) is 16. The molecule has 32 heavy (non-hydrogen) atoms. The van der Waals surface area contributed by atoms with Crippen molar-refractivity contribution in [2.75, 3.05) is 13.2 Å². The molecule has 2 aliphatic rings. The second-order valence-electron chi connectivity index (χ2n) is 6.02. The Kier molecular flexibility index (Phi) is 24.0. The molecular formula is C12H26Cl2KN2O14S-3. The van der Waals surface area contributed by atoms with Crippen LogP contribution >= 0.6 is 0 Å². The van der Waals surface area contributed by atoms with Crippen molar-refractivity contribution in [3.05, 3.63) is 0 Å². The number of hydrogen-bond donors (Lipinski definition) is 10. The molecule has 2 heterocycles. The molecule has 0 amide bonds. The first-order chi connectivity index (χ1) is 13.1. The van der Waals surface area contributed by atoms with Crippen molar-refractivity contribution < 1.29 is 144 Å². The van der Waals surface area contributed by atoms with Crippen LogP contribution in [0.3, 0.4) is 0 Å². The maximum Gasteiger partial charge on any atom is 1.00 e. The summed E-state index contributed by atoms with van der Waals surface area (Å²) in [5.41, 5.74) is 10.5. The molecule has 2 rings (SSSR count). The Labute approximate surface area is 238 Å². The average Bonchev–Trinajstić information content (AvgIpc) is 2.63. The second kappa shape index (κ2) is 18.8. The molecule has 0 radical (unpaired) electrons. The Hall–Kier alpha value is 1.61. The number of ether oxygens (including phenoxy) is 2. The quantitative estimate of drug-likeness (QED) is 0.0845. The van der Waals surface area contributed by atoms with E-state index in [9.17, 15) is 20.4 Å². The molecule has 0 spiro atoms. The number of aliphatic hydroxyl groups is 8. The summed E-state index contributed by atoms with van der Waals surface area (Å²) in [6, 6.07) is -2.08. The number of nitrogens with two attached hydrogens (primary N) is 2. The van der Waals surface area contributed by atoms with Gasteiger partial charge in [0.05, 0.1) is 25.3 Å². The van der Waals surface area contributed by atoms with Crippen molar-refractivity contribution in [1.29, 1.82) is 0 Å². The molecule has 0 saturated carbocycles. The SMILES string of the molecule is N[C@@H]1[C@@H](O)[C@H](O)[C@@H](CO)O[C@H]1O.N[C@@H]1[C@@H](O)[C@H](O)[C@@H](CO)O[C@H]1O.O=S(=O)([O-])[O-].[Cl-].[Cl-].[K+]. The van der Waals surface area contributed by atoms with E-state index in [2.05, 4.69) is 0 Å². The van der Waals surface area contributed by atoms with Gasteiger partial charge < -0.3 is 95.7 Å². The topological polar surface area (TPSA) is 313 Å². The number of rotatable bonds is 2. The summed E-state index contributed by atoms with van der Waals surface area (Å²) in [6.45, 7) is -0.940. The van der Waals surface area contributed by atoms with Gasteiger partial charge in [-0.3, -0.25) is 8.42 Å². The molecular weight excluding hydrogens is 538 g/mol. The number of aliphatic hydroxyl groups excluding tert-OH is 8. The minimum Gasteiger partial charge on any atom is -1.00 e. The summed E-state index contributed by atoms with van der Waals surface area (Å²) >= 11 is 0. The summed E-state index contributed by atoms with van der Waals surface area (Å²) in [4.78, 5) is 0. The molecule has 2 aliphatic heterocycles. The molecule has 0 bridgehead atoms. The maximum absolute atomic E-state index is 9.20. The minimum absolute atomic E-state index is 0. The van der Waals surface area contributed by atoms with Gasteiger partial charge in [-0.05, 0) is 0 Å². The van der Waals surface area contributed by atoms with Gasteiger partial charge in [0.1, 0.15) is 36.6 Å². The monoisotopic (exact) mass is 563 g/mol. The van der Waals surface area contributed by atoms with Gasteiger partial charge in [0, 0.05) is 10.4 Å². The van der Waals surface area contributed by atoms with E-state index in [-0.39, 0.29) is 76.2 Å². The Morgan fingerprint density at radius 3 is 1.09 bits per heavy atom. The fourth-order valence-electron chi connectivity index (χ4n) is 2.24. The molecule has 0 aromatic rings. The first-order valence-electron chi connectivity index (χ1n) is 7.94. The Bertz CT molecular complexity index is 532. The smallest absolute Gasteiger partial charge is 1.00 e. The summed E-state index contributed by atoms with van der Waals surface area (Å²) in [6.07, 6.45) is -9.70. The second-order valence-corrected chi connectivity index (χ2v) is 6.84. The Balaban J connectivity index is -0.000000189. The van der Waals surface area contributed by atoms with Gasteiger partial charge in [0.2, 0.25) is 0 Å². The molecule has 0 aromatic carbocycles. The summed E-state index contributed by atoms with van der Waals surface area (Å²) in [7, 11) is -5.17. The van der Waals surface area contributed by atoms with Crippen LogP contribution in [0, 0.1) is 0 Å². The average molecular weight is 564 g/mol. The van der Waals surface area contributed by atoms with Gasteiger partial charge in [0.25, 0.3) is 0 Å². The fraction of sp³-hybridized carbons (Fsp3) is 1.00. The van der Waals surface area contributed by atoms with Gasteiger partial charge in [-0.2, -0.15) is 0 Å². The van der Waals surface area contributed by atoms with Gasteiger partial charge in [-0.15, -0.1) is 0 Å². The fourth-order valence-corrected chi connectivity index (χ4v) is 2.24. The predicted molar refractivity (Wildman–Crippen MR) is 86.4 cm³/mol. The summed E-state index contributed by atoms with van der Waals surface area (Å²) in [5, 5.41) is 72.1. The van der Waals surface area contributed by atoms with Crippen molar-refractivity contribution in [1.82, 2.24) is 0 Å². The first-order valence-corrected chi connectivity index (χ1v) is 9.27. The van der Waals surface area contributed by atoms with Gasteiger partial charge in [-0.1, -0.05) is 0 Å². The standard InChI is InChI=1S/2C6H13NO5.2ClH.K.H2O4S/c2*7-3-5(10)4(9)2(1-8)12-6(3)11;;;;1-5(2,3)4/h2*2-6,8-11H,1,7H2;2*1H;;(H2,1,2,3,4)/q;;;;+1;/p-4/t2*2-,3-,4-,5-,6-;;;;/m11..../s1. The Morgan fingerprint density at radius 1 is 0.688 bits per heavy atom. The van der Waals surface area contributed by atoms with E-state index in [1.165, 1.54) is 0 Å². The van der Waals surface area contributed by atoms with E-state index in [1.807, 2.05) is 0 Å². The van der Waals surface area contributed by atoms with E-state index in [0.717, 1.165) is 0 Å². The van der Waals surface area contributed by atoms with E-state index >= 15 is 0 Å². The molecule has 10 atom stereocenters. The van der Waals surface area contributed by atoms with Crippen LogP contribution in [0.15, 0.2) is 0 Å². The van der Waals surface area contributed by atoms with Crippen molar-refractivity contribution in [3.63, 3.8) is 0 Å². The summed E-state index contributed by atoms with van der Waals surface area (Å²) in [5.74, 6) is 0. The molecule has 2 fully saturated rings. The largest absolute Gasteiger partial charge is 1.00 e. The van der Waals surface area contributed by atoms with Gasteiger partial charge in [0.15, 0.2) is 12.6 Å². The van der Waals surface area contributed by atoms with Crippen molar-refractivity contribution >= 4 is 10.4 Å². The normalized spacial score (nSPS) is 38.8. The predicted octanol–water partition coefficient (Wildman–Crippen LogP) is -16.8. The van der Waals surface area contributed by atoms with Crippen LogP contribution in [0.25, 0.3) is 0 Å². The minimum atomic E-state index is -5.17. The Morgan fingerprint density at radius 2 is 0.906 bits per heavy atom. The third-order valence-electron chi connectivity index (χ3n) is 3.90. The molecule has 16 nitrogen and oxygen atoms in total. The molecule has 192 valence electrons. The molecule has 2 saturated heterocycles. The van der Waals surface area contributed by atoms with Crippen molar-refractivity contribution in [3.8, 4) is 0 Å². The molecule has 0 aromatic heterocycles. The molecule has 0 aliphatic carbocycles. The van der Waals surface area contributed by atoms with Crippen LogP contribution in [0.2, 0.25) is 0 Å². The number of halogens is 2. The van der Waals surface area contributed by atoms with Crippen LogP contribution < -0.4 is 87.7 Å². The zero-order chi connectivity index (χ0) is 23.1. The van der Waals surface area contributed by atoms with Gasteiger partial charge in [-0.25, -0.2) is 0 Å². The zero-order valence-corrected chi connectivity index (χ0v) is 22.0. The molecule has 20 heteroatoms. The van der Waals surface area contributed by atoms with Gasteiger partial charge >= 0.3 is 51.4 Å². The molecule has 0 unspecified atom stereocenters. The van der Waals surface area contributed by atoms with E-state index in [0.29, 0.717) is 0 Å². The van der Waals surface area contributed by atoms with Crippen molar-refractivity contribution in [2.24, 2.45) is 11.5 Å². The van der Waals surface area contributed by atoms with Crippen LogP contribution in [0.4, 0.5) is 0 Å². The van der Waals surface area contributed by atoms with Crippen LogP contribution in [-0.4, -0.2) is 133 Å². The third-order valence-corrected chi connectivity index (χ3v) is 3.90. The zero-order valence-electron chi connectivity index (χ0n) is 16.5. The van der Waals surface area contributed by atoms with Crippen molar-refractivity contribution in [2.45, 2.75) is 61.3 Å². The van der Waals surface area contributed by atoms with Crippen LogP contribution in [-0.2, 0) is 19.9 Å². The van der Waals surface area contributed by atoms with E-state index in [4.69, 9.17) is 58.9 Å². The van der Waals surface area contributed by atoms with E-state index in [1.54, 1.807) is 0 Å². The third kappa shape index (κ3) is 14.2. The summed E-state index contributed by atoms with van der Waals surface area (Å²) < 4.78 is 43.5. The maximum atomic E-state index is 9.20. The van der Waals surface area contributed by atoms with Crippen LogP contribution in [0.5, 0.6) is 0 Å². The van der Waals surface area contributed by atoms with Crippen LogP contribution in [0.1, 0.15) is 0 Å². The van der Waals surface area contributed by atoms with E-state index < -0.39 is 84.9 Å². The molecule has 12 N–H and O–H groups in total.